The zero-order valence-electron chi connectivity index (χ0n) is 26.9. The van der Waals surface area contributed by atoms with Crippen LogP contribution in [-0.2, 0) is 35.2 Å². The van der Waals surface area contributed by atoms with Gasteiger partial charge < -0.3 is 38.1 Å². The Hall–Kier alpha value is -4.49. The Balaban J connectivity index is 3.13. The molecule has 250 valence electrons. The number of carbonyl (C=O) groups excluding carboxylic acids is 6. The summed E-state index contributed by atoms with van der Waals surface area (Å²) in [6, 6.07) is 4.71. The van der Waals surface area contributed by atoms with Crippen molar-refractivity contribution in [2.75, 3.05) is 6.54 Å². The second-order valence-electron chi connectivity index (χ2n) is 11.6. The van der Waals surface area contributed by atoms with Crippen LogP contribution in [0, 0.1) is 17.2 Å². The number of benzene rings is 1. The van der Waals surface area contributed by atoms with E-state index in [1.54, 1.807) is 13.8 Å². The van der Waals surface area contributed by atoms with Crippen LogP contribution in [-0.4, -0.2) is 72.0 Å². The molecule has 10 N–H and O–H groups in total. The summed E-state index contributed by atoms with van der Waals surface area (Å²) >= 11 is 0. The van der Waals surface area contributed by atoms with E-state index in [4.69, 9.17) is 16.9 Å². The molecule has 14 nitrogen and oxygen atoms in total. The molecule has 1 aromatic rings. The fraction of sp³-hybridized carbons (Fsp3) is 0.581. The maximum Gasteiger partial charge on any atom is 0.290 e. The number of nitrogens with two attached hydrogens (primary N) is 2. The first-order valence-corrected chi connectivity index (χ1v) is 15.3. The molecule has 0 saturated carbocycles. The first-order chi connectivity index (χ1) is 21.2. The average molecular weight is 631 g/mol. The maximum atomic E-state index is 13.6. The van der Waals surface area contributed by atoms with E-state index in [1.165, 1.54) is 6.92 Å². The smallest absolute Gasteiger partial charge is 0.290 e. The molecule has 1 rings (SSSR count). The van der Waals surface area contributed by atoms with Crippen LogP contribution in [0.2, 0.25) is 0 Å². The van der Waals surface area contributed by atoms with E-state index in [1.807, 2.05) is 44.2 Å². The molecule has 14 heteroatoms. The third kappa shape index (κ3) is 14.7. The van der Waals surface area contributed by atoms with Crippen molar-refractivity contribution in [1.29, 1.82) is 5.41 Å². The van der Waals surface area contributed by atoms with Gasteiger partial charge in [-0.15, -0.1) is 0 Å². The predicted octanol–water partition coefficient (Wildman–Crippen LogP) is -0.0118. The molecular weight excluding hydrogens is 580 g/mol. The lowest BCUT2D eigenvalue weighted by atomic mass is 9.93. The van der Waals surface area contributed by atoms with Crippen LogP contribution in [0.15, 0.2) is 30.3 Å². The topological polar surface area (TPSA) is 238 Å². The molecule has 0 aromatic heterocycles. The monoisotopic (exact) mass is 630 g/mol. The highest BCUT2D eigenvalue weighted by molar-refractivity contribution is 6.38. The van der Waals surface area contributed by atoms with E-state index >= 15 is 0 Å². The molecule has 0 heterocycles. The normalized spacial score (nSPS) is 14.2. The summed E-state index contributed by atoms with van der Waals surface area (Å²) in [7, 11) is 0. The molecule has 0 radical (unpaired) electrons. The molecule has 0 spiro atoms. The number of primary amides is 1. The van der Waals surface area contributed by atoms with Gasteiger partial charge in [0.2, 0.25) is 29.4 Å². The number of nitrogens with one attached hydrogen (secondary N) is 6. The molecular formula is C31H50N8O6. The Bertz CT molecular complexity index is 1180. The van der Waals surface area contributed by atoms with Gasteiger partial charge in [-0.05, 0) is 43.1 Å². The van der Waals surface area contributed by atoms with Gasteiger partial charge in [0, 0.05) is 19.9 Å². The van der Waals surface area contributed by atoms with Gasteiger partial charge in [0.05, 0.1) is 6.04 Å². The van der Waals surface area contributed by atoms with Crippen molar-refractivity contribution in [2.45, 2.75) is 97.3 Å². The minimum atomic E-state index is -1.25. The summed E-state index contributed by atoms with van der Waals surface area (Å²) in [6.07, 6.45) is 1.88. The van der Waals surface area contributed by atoms with Crippen molar-refractivity contribution >= 4 is 41.3 Å². The van der Waals surface area contributed by atoms with Crippen LogP contribution in [0.3, 0.4) is 0 Å². The Labute approximate surface area is 265 Å². The van der Waals surface area contributed by atoms with Crippen molar-refractivity contribution < 1.29 is 28.8 Å². The van der Waals surface area contributed by atoms with Crippen LogP contribution in [0.4, 0.5) is 0 Å². The number of rotatable bonds is 20. The second-order valence-corrected chi connectivity index (χ2v) is 11.6. The highest BCUT2D eigenvalue weighted by Crippen LogP contribution is 2.13. The Morgan fingerprint density at radius 3 is 1.96 bits per heavy atom. The van der Waals surface area contributed by atoms with Gasteiger partial charge in [-0.3, -0.25) is 34.2 Å². The summed E-state index contributed by atoms with van der Waals surface area (Å²) in [5, 5.41) is 20.2. The van der Waals surface area contributed by atoms with Crippen molar-refractivity contribution in [3.8, 4) is 0 Å². The van der Waals surface area contributed by atoms with E-state index in [0.29, 0.717) is 19.3 Å². The standard InChI is InChI=1S/C31H50N8O6/c1-6-19(4)25(26(41)30(45)37-22(27(32)42)13-10-16-35-31(33)34)39-28(43)23(15-14-18(2)3)38-29(44)24(36-20(5)40)17-21-11-8-7-9-12-21/h7-9,11-12,18-19,22-25H,6,10,13-17H2,1-5H3,(H2,32,42)(H,36,40)(H,37,45)(H,38,44)(H,39,43)(H4,33,34,35)/t19-,22+,23-,24-,25?/m0/s1. The number of hydrogen-bond donors (Lipinski definition) is 8. The lowest BCUT2D eigenvalue weighted by Gasteiger charge is -2.28. The minimum Gasteiger partial charge on any atom is -0.370 e. The number of carbonyl (C=O) groups is 6. The van der Waals surface area contributed by atoms with Crippen molar-refractivity contribution in [3.05, 3.63) is 35.9 Å². The van der Waals surface area contributed by atoms with Crippen LogP contribution in [0.1, 0.15) is 72.3 Å². The van der Waals surface area contributed by atoms with Crippen LogP contribution in [0.5, 0.6) is 0 Å². The summed E-state index contributed by atoms with van der Waals surface area (Å²) in [4.78, 5) is 77.1. The van der Waals surface area contributed by atoms with Crippen molar-refractivity contribution in [2.24, 2.45) is 23.3 Å². The lowest BCUT2D eigenvalue weighted by molar-refractivity contribution is -0.142. The van der Waals surface area contributed by atoms with Crippen LogP contribution in [0.25, 0.3) is 0 Å². The van der Waals surface area contributed by atoms with Gasteiger partial charge in [-0.1, -0.05) is 64.4 Å². The zero-order valence-corrected chi connectivity index (χ0v) is 26.9. The Morgan fingerprint density at radius 1 is 0.800 bits per heavy atom. The SMILES string of the molecule is CC[C@H](C)C(NC(=O)[C@H](CCC(C)C)NC(=O)[C@H](Cc1ccccc1)NC(C)=O)C(=O)C(=O)N[C@H](CCCNC(=N)N)C(N)=O. The highest BCUT2D eigenvalue weighted by atomic mass is 16.2. The summed E-state index contributed by atoms with van der Waals surface area (Å²) < 4.78 is 0. The van der Waals surface area contributed by atoms with E-state index in [0.717, 1.165) is 5.56 Å². The van der Waals surface area contributed by atoms with Gasteiger partial charge in [-0.2, -0.15) is 0 Å². The fourth-order valence-corrected chi connectivity index (χ4v) is 4.49. The molecule has 5 atom stereocenters. The minimum absolute atomic E-state index is 0.0940. The summed E-state index contributed by atoms with van der Waals surface area (Å²) in [5.74, 6) is -5.03. The first-order valence-electron chi connectivity index (χ1n) is 15.3. The quantitative estimate of drug-likeness (QED) is 0.0421. The largest absolute Gasteiger partial charge is 0.370 e. The average Bonchev–Trinajstić information content (AvgIpc) is 2.97. The van der Waals surface area contributed by atoms with Gasteiger partial charge in [0.25, 0.3) is 5.91 Å². The molecule has 0 fully saturated rings. The number of amides is 5. The molecule has 1 unspecified atom stereocenters. The molecule has 0 aliphatic rings. The van der Waals surface area contributed by atoms with Gasteiger partial charge in [0.1, 0.15) is 18.1 Å². The Morgan fingerprint density at radius 2 is 1.42 bits per heavy atom. The van der Waals surface area contributed by atoms with E-state index in [9.17, 15) is 28.8 Å². The maximum absolute atomic E-state index is 13.6. The van der Waals surface area contributed by atoms with E-state index in [2.05, 4.69) is 26.6 Å². The number of ketones is 1. The van der Waals surface area contributed by atoms with Gasteiger partial charge in [0.15, 0.2) is 5.96 Å². The number of hydrogen-bond acceptors (Lipinski definition) is 7. The van der Waals surface area contributed by atoms with E-state index in [-0.39, 0.29) is 37.7 Å². The highest BCUT2D eigenvalue weighted by Gasteiger charge is 2.35. The predicted molar refractivity (Wildman–Crippen MR) is 170 cm³/mol. The lowest BCUT2D eigenvalue weighted by Crippen LogP contribution is -2.59. The second kappa shape index (κ2) is 19.7. The third-order valence-electron chi connectivity index (χ3n) is 7.29. The van der Waals surface area contributed by atoms with Crippen molar-refractivity contribution in [1.82, 2.24) is 26.6 Å². The molecule has 0 aliphatic carbocycles. The fourth-order valence-electron chi connectivity index (χ4n) is 4.49. The molecule has 5 amide bonds. The first kappa shape index (κ1) is 38.5. The third-order valence-corrected chi connectivity index (χ3v) is 7.29. The Kier molecular flexibility index (Phi) is 16.9. The van der Waals surface area contributed by atoms with Gasteiger partial charge >= 0.3 is 0 Å². The molecule has 0 bridgehead atoms. The van der Waals surface area contributed by atoms with Crippen LogP contribution >= 0.6 is 0 Å². The number of Topliss-reactive ketones (excluding diaryl/α,β-unsaturated/α-hetero) is 1. The number of guanidine groups is 1. The molecule has 45 heavy (non-hydrogen) atoms. The van der Waals surface area contributed by atoms with Gasteiger partial charge in [-0.25, -0.2) is 0 Å². The zero-order chi connectivity index (χ0) is 34.1. The molecule has 0 aliphatic heterocycles. The van der Waals surface area contributed by atoms with Crippen LogP contribution < -0.4 is 38.1 Å². The van der Waals surface area contributed by atoms with Crippen molar-refractivity contribution in [3.63, 3.8) is 0 Å². The summed E-state index contributed by atoms with van der Waals surface area (Å²) in [5.41, 5.74) is 11.5. The van der Waals surface area contributed by atoms with E-state index < -0.39 is 65.4 Å². The molecule has 1 aromatic carbocycles. The summed E-state index contributed by atoms with van der Waals surface area (Å²) in [6.45, 7) is 8.98. The molecule has 0 saturated heterocycles.